The minimum absolute atomic E-state index is 0.0382. The number of aromatic amines is 1. The van der Waals surface area contributed by atoms with E-state index in [1.807, 2.05) is 42.5 Å². The maximum atomic E-state index is 12.8. The van der Waals surface area contributed by atoms with Crippen LogP contribution in [0.5, 0.6) is 0 Å². The molecule has 6 heteroatoms. The van der Waals surface area contributed by atoms with Crippen molar-refractivity contribution in [2.45, 2.75) is 19.4 Å². The fourth-order valence-electron chi connectivity index (χ4n) is 3.41. The summed E-state index contributed by atoms with van der Waals surface area (Å²) in [6.45, 7) is 1.68. The van der Waals surface area contributed by atoms with E-state index in [0.29, 0.717) is 11.5 Å². The zero-order valence-electron chi connectivity index (χ0n) is 13.1. The normalized spacial score (nSPS) is 17.2. The van der Waals surface area contributed by atoms with Crippen molar-refractivity contribution in [2.75, 3.05) is 13.6 Å². The van der Waals surface area contributed by atoms with Crippen LogP contribution in [0, 0.1) is 5.92 Å². The Hall–Kier alpha value is -2.63. The van der Waals surface area contributed by atoms with E-state index in [0.717, 1.165) is 42.7 Å². The zero-order chi connectivity index (χ0) is 15.8. The number of hydrogen-bond donors (Lipinski definition) is 1. The Bertz CT molecular complexity index is 849. The van der Waals surface area contributed by atoms with Gasteiger partial charge in [-0.15, -0.1) is 0 Å². The molecule has 3 aromatic rings. The molecule has 23 heavy (non-hydrogen) atoms. The standard InChI is InChI=1S/C17H19N5O/c1-21(10-12-5-6-15-18-7-8-22(15)11-12)17(23)14-4-2-3-13-9-19-20-16(13)14/h2-4,7-9,12H,5-6,10-11H2,1H3,(H,19,20)/t12-/m1/s1. The summed E-state index contributed by atoms with van der Waals surface area (Å²) >= 11 is 0. The Morgan fingerprint density at radius 1 is 1.48 bits per heavy atom. The van der Waals surface area contributed by atoms with Crippen LogP contribution in [0.1, 0.15) is 22.6 Å². The second kappa shape index (κ2) is 5.53. The smallest absolute Gasteiger partial charge is 0.255 e. The molecule has 4 rings (SSSR count). The molecule has 0 saturated heterocycles. The highest BCUT2D eigenvalue weighted by atomic mass is 16.2. The molecule has 1 amide bonds. The Morgan fingerprint density at radius 3 is 3.30 bits per heavy atom. The summed E-state index contributed by atoms with van der Waals surface area (Å²) in [6.07, 6.45) is 7.67. The predicted octanol–water partition coefficient (Wildman–Crippen LogP) is 2.09. The largest absolute Gasteiger partial charge is 0.341 e. The van der Waals surface area contributed by atoms with Crippen molar-refractivity contribution < 1.29 is 4.79 Å². The van der Waals surface area contributed by atoms with E-state index in [1.165, 1.54) is 0 Å². The molecule has 1 atom stereocenters. The topological polar surface area (TPSA) is 66.8 Å². The highest BCUT2D eigenvalue weighted by Gasteiger charge is 2.23. The molecule has 0 spiro atoms. The van der Waals surface area contributed by atoms with Crippen LogP contribution in [-0.2, 0) is 13.0 Å². The van der Waals surface area contributed by atoms with Gasteiger partial charge in [-0.2, -0.15) is 5.10 Å². The summed E-state index contributed by atoms with van der Waals surface area (Å²) < 4.78 is 2.20. The third-order valence-electron chi connectivity index (χ3n) is 4.62. The summed E-state index contributed by atoms with van der Waals surface area (Å²) in [4.78, 5) is 19.0. The molecular weight excluding hydrogens is 290 g/mol. The lowest BCUT2D eigenvalue weighted by Crippen LogP contribution is -2.35. The number of para-hydroxylation sites is 1. The summed E-state index contributed by atoms with van der Waals surface area (Å²) in [5, 5.41) is 7.92. The summed E-state index contributed by atoms with van der Waals surface area (Å²) in [5.74, 6) is 1.65. The molecule has 0 saturated carbocycles. The minimum Gasteiger partial charge on any atom is -0.341 e. The van der Waals surface area contributed by atoms with Gasteiger partial charge in [0.05, 0.1) is 17.3 Å². The monoisotopic (exact) mass is 309 g/mol. The van der Waals surface area contributed by atoms with E-state index in [4.69, 9.17) is 0 Å². The Kier molecular flexibility index (Phi) is 3.37. The van der Waals surface area contributed by atoms with Crippen LogP contribution in [0.2, 0.25) is 0 Å². The van der Waals surface area contributed by atoms with Gasteiger partial charge in [0, 0.05) is 44.3 Å². The van der Waals surface area contributed by atoms with Crippen molar-refractivity contribution in [3.63, 3.8) is 0 Å². The van der Waals surface area contributed by atoms with Gasteiger partial charge in [0.25, 0.3) is 5.91 Å². The number of nitrogens with zero attached hydrogens (tertiary/aromatic N) is 4. The van der Waals surface area contributed by atoms with E-state index in [1.54, 1.807) is 6.20 Å². The summed E-state index contributed by atoms with van der Waals surface area (Å²) in [6, 6.07) is 5.71. The van der Waals surface area contributed by atoms with Crippen LogP contribution < -0.4 is 0 Å². The molecule has 2 aromatic heterocycles. The van der Waals surface area contributed by atoms with Crippen molar-refractivity contribution in [2.24, 2.45) is 5.92 Å². The van der Waals surface area contributed by atoms with Crippen molar-refractivity contribution in [3.05, 3.63) is 48.2 Å². The molecule has 6 nitrogen and oxygen atoms in total. The molecule has 1 aliphatic rings. The number of aromatic nitrogens is 4. The minimum atomic E-state index is 0.0382. The lowest BCUT2D eigenvalue weighted by Gasteiger charge is -2.28. The number of H-pyrrole nitrogens is 1. The van der Waals surface area contributed by atoms with Gasteiger partial charge in [-0.25, -0.2) is 4.98 Å². The van der Waals surface area contributed by atoms with Crippen LogP contribution >= 0.6 is 0 Å². The fourth-order valence-corrected chi connectivity index (χ4v) is 3.41. The van der Waals surface area contributed by atoms with Crippen molar-refractivity contribution >= 4 is 16.8 Å². The molecular formula is C17H19N5O. The number of nitrogens with one attached hydrogen (secondary N) is 1. The van der Waals surface area contributed by atoms with Gasteiger partial charge in [-0.1, -0.05) is 12.1 Å². The molecule has 1 N–H and O–H groups in total. The first-order valence-corrected chi connectivity index (χ1v) is 7.90. The Morgan fingerprint density at radius 2 is 2.39 bits per heavy atom. The van der Waals surface area contributed by atoms with Gasteiger partial charge in [-0.05, 0) is 18.4 Å². The highest BCUT2D eigenvalue weighted by Crippen LogP contribution is 2.21. The molecule has 0 aliphatic carbocycles. The van der Waals surface area contributed by atoms with Gasteiger partial charge in [0.1, 0.15) is 5.82 Å². The third kappa shape index (κ3) is 2.50. The van der Waals surface area contributed by atoms with E-state index in [2.05, 4.69) is 19.7 Å². The molecule has 118 valence electrons. The second-order valence-corrected chi connectivity index (χ2v) is 6.23. The fraction of sp³-hybridized carbons (Fsp3) is 0.353. The Balaban J connectivity index is 1.50. The van der Waals surface area contributed by atoms with Crippen LogP contribution in [0.15, 0.2) is 36.8 Å². The predicted molar refractivity (Wildman–Crippen MR) is 87.1 cm³/mol. The maximum absolute atomic E-state index is 12.8. The van der Waals surface area contributed by atoms with Crippen LogP contribution in [0.25, 0.3) is 10.9 Å². The van der Waals surface area contributed by atoms with E-state index < -0.39 is 0 Å². The number of aryl methyl sites for hydroxylation is 1. The van der Waals surface area contributed by atoms with E-state index >= 15 is 0 Å². The maximum Gasteiger partial charge on any atom is 0.255 e. The first kappa shape index (κ1) is 14.0. The Labute approximate surface area is 134 Å². The number of amides is 1. The number of carbonyl (C=O) groups excluding carboxylic acids is 1. The van der Waals surface area contributed by atoms with Crippen LogP contribution in [-0.4, -0.2) is 44.1 Å². The van der Waals surface area contributed by atoms with E-state index in [9.17, 15) is 4.79 Å². The van der Waals surface area contributed by atoms with Gasteiger partial charge >= 0.3 is 0 Å². The highest BCUT2D eigenvalue weighted by molar-refractivity contribution is 6.05. The quantitative estimate of drug-likeness (QED) is 0.805. The van der Waals surface area contributed by atoms with Crippen molar-refractivity contribution in [1.29, 1.82) is 0 Å². The molecule has 3 heterocycles. The second-order valence-electron chi connectivity index (χ2n) is 6.23. The van der Waals surface area contributed by atoms with Gasteiger partial charge in [-0.3, -0.25) is 9.89 Å². The number of fused-ring (bicyclic) bond motifs is 2. The molecule has 0 fully saturated rings. The third-order valence-corrected chi connectivity index (χ3v) is 4.62. The zero-order valence-corrected chi connectivity index (χ0v) is 13.1. The first-order chi connectivity index (χ1) is 11.2. The first-order valence-electron chi connectivity index (χ1n) is 7.90. The van der Waals surface area contributed by atoms with Crippen molar-refractivity contribution in [3.8, 4) is 0 Å². The number of benzene rings is 1. The van der Waals surface area contributed by atoms with Crippen molar-refractivity contribution in [1.82, 2.24) is 24.6 Å². The number of imidazole rings is 1. The number of rotatable bonds is 3. The molecule has 0 bridgehead atoms. The molecule has 1 aromatic carbocycles. The lowest BCUT2D eigenvalue weighted by atomic mass is 9.98. The van der Waals surface area contributed by atoms with Gasteiger partial charge in [0.15, 0.2) is 0 Å². The van der Waals surface area contributed by atoms with Crippen LogP contribution in [0.3, 0.4) is 0 Å². The van der Waals surface area contributed by atoms with Gasteiger partial charge < -0.3 is 9.47 Å². The molecule has 0 radical (unpaired) electrons. The summed E-state index contributed by atoms with van der Waals surface area (Å²) in [5.41, 5.74) is 1.49. The summed E-state index contributed by atoms with van der Waals surface area (Å²) in [7, 11) is 1.88. The van der Waals surface area contributed by atoms with Crippen LogP contribution in [0.4, 0.5) is 0 Å². The average molecular weight is 309 g/mol. The average Bonchev–Trinajstić information content (AvgIpc) is 3.21. The molecule has 1 aliphatic heterocycles. The van der Waals surface area contributed by atoms with E-state index in [-0.39, 0.29) is 5.91 Å². The number of hydrogen-bond acceptors (Lipinski definition) is 3. The lowest BCUT2D eigenvalue weighted by molar-refractivity contribution is 0.0762. The SMILES string of the molecule is CN(C[C@H]1CCc2nccn2C1)C(=O)c1cccc2cn[nH]c12. The van der Waals surface area contributed by atoms with Gasteiger partial charge in [0.2, 0.25) is 0 Å². The molecule has 0 unspecified atom stereocenters. The number of carbonyl (C=O) groups is 1.